The summed E-state index contributed by atoms with van der Waals surface area (Å²) >= 11 is 0. The number of anilines is 1. The van der Waals surface area contributed by atoms with E-state index < -0.39 is 15.8 Å². The predicted molar refractivity (Wildman–Crippen MR) is 89.4 cm³/mol. The van der Waals surface area contributed by atoms with Crippen LogP contribution in [0.1, 0.15) is 24.0 Å². The minimum absolute atomic E-state index is 0.0713. The van der Waals surface area contributed by atoms with E-state index in [0.717, 1.165) is 18.4 Å². The molecule has 0 radical (unpaired) electrons. The van der Waals surface area contributed by atoms with Crippen molar-refractivity contribution in [1.29, 1.82) is 0 Å². The minimum Gasteiger partial charge on any atom is -0.338 e. The first-order valence-electron chi connectivity index (χ1n) is 8.10. The summed E-state index contributed by atoms with van der Waals surface area (Å²) in [5, 5.41) is 6.64. The van der Waals surface area contributed by atoms with Crippen molar-refractivity contribution < 1.29 is 17.7 Å². The van der Waals surface area contributed by atoms with Crippen molar-refractivity contribution in [2.24, 2.45) is 5.92 Å². The summed E-state index contributed by atoms with van der Waals surface area (Å²) in [6.07, 6.45) is 3.75. The van der Waals surface area contributed by atoms with Crippen LogP contribution in [0.25, 0.3) is 11.3 Å². The van der Waals surface area contributed by atoms with Crippen LogP contribution < -0.4 is 5.32 Å². The van der Waals surface area contributed by atoms with Gasteiger partial charge in [0, 0.05) is 11.6 Å². The highest BCUT2D eigenvalue weighted by Crippen LogP contribution is 2.29. The summed E-state index contributed by atoms with van der Waals surface area (Å²) in [5.41, 5.74) is 4.36. The van der Waals surface area contributed by atoms with Gasteiger partial charge in [0.2, 0.25) is 11.8 Å². The first-order chi connectivity index (χ1) is 11.5. The topological polar surface area (TPSA) is 89.3 Å². The van der Waals surface area contributed by atoms with E-state index in [4.69, 9.17) is 4.52 Å². The molecule has 24 heavy (non-hydrogen) atoms. The summed E-state index contributed by atoms with van der Waals surface area (Å²) in [5.74, 6) is -0.608. The summed E-state index contributed by atoms with van der Waals surface area (Å²) in [7, 11) is -3.08. The molecular weight excluding hydrogens is 328 g/mol. The Kier molecular flexibility index (Phi) is 3.68. The number of aryl methyl sites for hydroxylation is 2. The Morgan fingerprint density at radius 2 is 2.04 bits per heavy atom. The maximum absolute atomic E-state index is 12.1. The van der Waals surface area contributed by atoms with Gasteiger partial charge >= 0.3 is 0 Å². The van der Waals surface area contributed by atoms with Gasteiger partial charge in [0.25, 0.3) is 0 Å². The number of nitrogens with one attached hydrogen (secondary N) is 1. The molecule has 0 bridgehead atoms. The second kappa shape index (κ2) is 5.73. The number of aromatic nitrogens is 1. The fourth-order valence-corrected chi connectivity index (χ4v) is 5.17. The smallest absolute Gasteiger partial charge is 0.231 e. The molecule has 4 rings (SSSR count). The van der Waals surface area contributed by atoms with Gasteiger partial charge in [0.05, 0.1) is 17.4 Å². The SMILES string of the molecule is O=C(Nc1cc(-c2ccc3c(c2)CCC3)no1)[C@@H]1CCS(=O)(=O)C1. The van der Waals surface area contributed by atoms with E-state index in [0.29, 0.717) is 12.1 Å². The fraction of sp³-hybridized carbons (Fsp3) is 0.412. The average molecular weight is 346 g/mol. The minimum atomic E-state index is -3.08. The molecule has 1 N–H and O–H groups in total. The molecule has 1 fully saturated rings. The van der Waals surface area contributed by atoms with Gasteiger partial charge in [-0.1, -0.05) is 17.3 Å². The number of amides is 1. The molecule has 1 aromatic carbocycles. The van der Waals surface area contributed by atoms with Crippen molar-refractivity contribution in [1.82, 2.24) is 5.16 Å². The molecule has 2 aromatic rings. The summed E-state index contributed by atoms with van der Waals surface area (Å²) in [6.45, 7) is 0. The van der Waals surface area contributed by atoms with Crippen LogP contribution in [0.2, 0.25) is 0 Å². The van der Waals surface area contributed by atoms with Crippen LogP contribution in [0.15, 0.2) is 28.8 Å². The first kappa shape index (κ1) is 15.4. The van der Waals surface area contributed by atoms with Crippen LogP contribution in [-0.2, 0) is 27.5 Å². The maximum Gasteiger partial charge on any atom is 0.231 e. The second-order valence-electron chi connectivity index (χ2n) is 6.50. The van der Waals surface area contributed by atoms with E-state index in [9.17, 15) is 13.2 Å². The van der Waals surface area contributed by atoms with Gasteiger partial charge in [-0.2, -0.15) is 0 Å². The number of nitrogens with zero attached hydrogens (tertiary/aromatic N) is 1. The molecule has 2 heterocycles. The molecule has 1 amide bonds. The van der Waals surface area contributed by atoms with E-state index in [1.807, 2.05) is 6.07 Å². The highest BCUT2D eigenvalue weighted by molar-refractivity contribution is 7.91. The average Bonchev–Trinajstić information content (AvgIpc) is 3.25. The monoisotopic (exact) mass is 346 g/mol. The third-order valence-corrected chi connectivity index (χ3v) is 6.52. The van der Waals surface area contributed by atoms with E-state index in [2.05, 4.69) is 22.6 Å². The van der Waals surface area contributed by atoms with Gasteiger partial charge < -0.3 is 4.52 Å². The normalized spacial score (nSPS) is 21.6. The van der Waals surface area contributed by atoms with Crippen LogP contribution in [0.4, 0.5) is 5.88 Å². The highest BCUT2D eigenvalue weighted by Gasteiger charge is 2.33. The number of benzene rings is 1. The first-order valence-corrected chi connectivity index (χ1v) is 9.92. The Bertz CT molecular complexity index is 901. The lowest BCUT2D eigenvalue weighted by Gasteiger charge is -2.05. The Morgan fingerprint density at radius 3 is 2.83 bits per heavy atom. The van der Waals surface area contributed by atoms with E-state index >= 15 is 0 Å². The molecule has 1 saturated heterocycles. The zero-order valence-corrected chi connectivity index (χ0v) is 13.9. The Balaban J connectivity index is 1.48. The summed E-state index contributed by atoms with van der Waals surface area (Å²) in [6, 6.07) is 7.93. The van der Waals surface area contributed by atoms with E-state index in [1.54, 1.807) is 6.07 Å². The van der Waals surface area contributed by atoms with Crippen LogP contribution in [0, 0.1) is 5.92 Å². The van der Waals surface area contributed by atoms with Gasteiger partial charge in [0.15, 0.2) is 9.84 Å². The number of carbonyl (C=O) groups excluding carboxylic acids is 1. The molecule has 1 atom stereocenters. The molecule has 1 aliphatic carbocycles. The molecule has 126 valence electrons. The number of fused-ring (bicyclic) bond motifs is 1. The molecule has 1 aliphatic heterocycles. The Labute approximate surface area is 140 Å². The van der Waals surface area contributed by atoms with Crippen molar-refractivity contribution in [3.63, 3.8) is 0 Å². The van der Waals surface area contributed by atoms with Crippen LogP contribution >= 0.6 is 0 Å². The quantitative estimate of drug-likeness (QED) is 0.920. The Hall–Kier alpha value is -2.15. The zero-order chi connectivity index (χ0) is 16.7. The zero-order valence-electron chi connectivity index (χ0n) is 13.1. The van der Waals surface area contributed by atoms with Gasteiger partial charge in [-0.15, -0.1) is 0 Å². The van der Waals surface area contributed by atoms with Crippen LogP contribution in [0.3, 0.4) is 0 Å². The van der Waals surface area contributed by atoms with Crippen LogP contribution in [0.5, 0.6) is 0 Å². The van der Waals surface area contributed by atoms with Crippen molar-refractivity contribution in [2.45, 2.75) is 25.7 Å². The van der Waals surface area contributed by atoms with Gasteiger partial charge in [0.1, 0.15) is 5.69 Å². The largest absolute Gasteiger partial charge is 0.338 e. The van der Waals surface area contributed by atoms with Gasteiger partial charge in [-0.3, -0.25) is 10.1 Å². The highest BCUT2D eigenvalue weighted by atomic mass is 32.2. The Morgan fingerprint density at radius 1 is 1.21 bits per heavy atom. The van der Waals surface area contributed by atoms with E-state index in [1.165, 1.54) is 17.5 Å². The summed E-state index contributed by atoms with van der Waals surface area (Å²) in [4.78, 5) is 12.1. The molecule has 0 spiro atoms. The number of hydrogen-bond acceptors (Lipinski definition) is 5. The molecule has 6 nitrogen and oxygen atoms in total. The number of rotatable bonds is 3. The molecule has 1 aromatic heterocycles. The third kappa shape index (κ3) is 2.96. The maximum atomic E-state index is 12.1. The van der Waals surface area contributed by atoms with Crippen LogP contribution in [-0.4, -0.2) is 31.0 Å². The van der Waals surface area contributed by atoms with Crippen molar-refractivity contribution >= 4 is 21.6 Å². The molecular formula is C17H18N2O4S. The lowest BCUT2D eigenvalue weighted by molar-refractivity contribution is -0.119. The van der Waals surface area contributed by atoms with E-state index in [-0.39, 0.29) is 23.3 Å². The molecule has 0 saturated carbocycles. The lowest BCUT2D eigenvalue weighted by Crippen LogP contribution is -2.23. The number of carbonyl (C=O) groups is 1. The second-order valence-corrected chi connectivity index (χ2v) is 8.73. The van der Waals surface area contributed by atoms with Crippen molar-refractivity contribution in [2.75, 3.05) is 16.8 Å². The number of sulfone groups is 1. The summed E-state index contributed by atoms with van der Waals surface area (Å²) < 4.78 is 28.1. The van der Waals surface area contributed by atoms with Gasteiger partial charge in [-0.05, 0) is 42.9 Å². The standard InChI is InChI=1S/C17H18N2O4S/c20-17(14-6-7-24(21,22)10-14)18-16-9-15(19-23-16)13-5-4-11-2-1-3-12(11)8-13/h4-5,8-9,14H,1-3,6-7,10H2,(H,18,20)/t14-/m1/s1. The third-order valence-electron chi connectivity index (χ3n) is 4.75. The van der Waals surface area contributed by atoms with Gasteiger partial charge in [-0.25, -0.2) is 8.42 Å². The van der Waals surface area contributed by atoms with Crippen molar-refractivity contribution in [3.05, 3.63) is 35.4 Å². The van der Waals surface area contributed by atoms with Crippen molar-refractivity contribution in [3.8, 4) is 11.3 Å². The fourth-order valence-electron chi connectivity index (χ4n) is 3.43. The number of hydrogen-bond donors (Lipinski definition) is 1. The molecule has 0 unspecified atom stereocenters. The molecule has 7 heteroatoms. The molecule has 2 aliphatic rings. The lowest BCUT2D eigenvalue weighted by atomic mass is 10.0. The predicted octanol–water partition coefficient (Wildman–Crippen LogP) is 2.20.